The summed E-state index contributed by atoms with van der Waals surface area (Å²) in [7, 11) is 0. The van der Waals surface area contributed by atoms with Crippen LogP contribution in [0.25, 0.3) is 0 Å². The van der Waals surface area contributed by atoms with Gasteiger partial charge in [-0.05, 0) is 208 Å². The molecule has 6 aromatic rings. The van der Waals surface area contributed by atoms with Crippen molar-refractivity contribution in [3.63, 3.8) is 0 Å². The third-order valence-corrected chi connectivity index (χ3v) is 24.1. The Morgan fingerprint density at radius 3 is 0.728 bits per heavy atom. The summed E-state index contributed by atoms with van der Waals surface area (Å²) in [4.78, 5) is 43.2. The normalized spacial score (nSPS) is 13.4. The molecule has 6 aromatic carbocycles. The first-order valence-electron chi connectivity index (χ1n) is 38.9. The summed E-state index contributed by atoms with van der Waals surface area (Å²) in [6.07, 6.45) is 7.57. The standard InChI is InChI=1S/C94H136O9/c1-32-89(20,21)71-48-61(49-72(83(71)98)90(22,23)33-2)38-41-80(95)101-77-45-58(8)64(54-68(77)86(11,12)13)57(7)44-67(65-55-69(87(14,15)16)78(46-59(65)9)102-81(96)42-39-62-50-73(91(24,25)34-3)84(99)74(51-62)92(26,27)35-4)66-56-70(88(17,18)19)79(47-60(66)10)103-82(97)43-40-63-52-75(93(28,29)36-5)85(100)76(53-63)94(30,31)37-6/h45-57,67,98-100H,32-44H2,1-31H3. The Hall–Kier alpha value is -6.87. The van der Waals surface area contributed by atoms with Crippen LogP contribution in [-0.2, 0) is 82.4 Å². The van der Waals surface area contributed by atoms with Gasteiger partial charge in [-0.3, -0.25) is 14.4 Å². The number of carbonyl (C=O) groups is 3. The summed E-state index contributed by atoms with van der Waals surface area (Å²) >= 11 is 0. The van der Waals surface area contributed by atoms with Crippen molar-refractivity contribution >= 4 is 17.9 Å². The molecule has 103 heavy (non-hydrogen) atoms. The molecule has 0 bridgehead atoms. The number of esters is 3. The Balaban J connectivity index is 1.46. The molecule has 0 radical (unpaired) electrons. The van der Waals surface area contributed by atoms with Crippen molar-refractivity contribution in [1.29, 1.82) is 0 Å². The lowest BCUT2D eigenvalue weighted by Crippen LogP contribution is -2.22. The lowest BCUT2D eigenvalue weighted by Gasteiger charge is -2.32. The van der Waals surface area contributed by atoms with Crippen molar-refractivity contribution in [2.24, 2.45) is 0 Å². The van der Waals surface area contributed by atoms with Crippen LogP contribution >= 0.6 is 0 Å². The van der Waals surface area contributed by atoms with Gasteiger partial charge in [0.15, 0.2) is 0 Å². The van der Waals surface area contributed by atoms with Gasteiger partial charge in [0.2, 0.25) is 0 Å². The molecule has 3 N–H and O–H groups in total. The number of aromatic hydroxyl groups is 3. The Bertz CT molecular complexity index is 3760. The molecule has 9 heteroatoms. The van der Waals surface area contributed by atoms with Crippen LogP contribution in [0.3, 0.4) is 0 Å². The Morgan fingerprint density at radius 2 is 0.524 bits per heavy atom. The second kappa shape index (κ2) is 32.1. The Labute approximate surface area is 624 Å². The first kappa shape index (κ1) is 85.1. The molecule has 1 atom stereocenters. The lowest BCUT2D eigenvalue weighted by molar-refractivity contribution is -0.135. The number of hydrogen-bond donors (Lipinski definition) is 3. The molecule has 0 spiro atoms. The molecule has 0 saturated carbocycles. The van der Waals surface area contributed by atoms with Crippen LogP contribution in [0.2, 0.25) is 0 Å². The molecule has 566 valence electrons. The van der Waals surface area contributed by atoms with Gasteiger partial charge >= 0.3 is 17.9 Å². The molecule has 1 unspecified atom stereocenters. The Morgan fingerprint density at radius 1 is 0.320 bits per heavy atom. The number of rotatable bonds is 29. The monoisotopic (exact) mass is 1410 g/mol. The van der Waals surface area contributed by atoms with Gasteiger partial charge < -0.3 is 29.5 Å². The zero-order valence-corrected chi connectivity index (χ0v) is 70.1. The first-order chi connectivity index (χ1) is 47.2. The number of benzene rings is 6. The third-order valence-electron chi connectivity index (χ3n) is 24.1. The second-order valence-corrected chi connectivity index (χ2v) is 37.5. The molecule has 9 nitrogen and oxygen atoms in total. The second-order valence-electron chi connectivity index (χ2n) is 37.5. The van der Waals surface area contributed by atoms with E-state index in [1.54, 1.807) is 0 Å². The van der Waals surface area contributed by atoms with Crippen molar-refractivity contribution in [2.75, 3.05) is 0 Å². The predicted octanol–water partition coefficient (Wildman–Crippen LogP) is 24.7. The van der Waals surface area contributed by atoms with E-state index in [1.165, 1.54) is 0 Å². The molecule has 6 rings (SSSR count). The Kier molecular flexibility index (Phi) is 26.5. The van der Waals surface area contributed by atoms with Gasteiger partial charge in [0, 0.05) is 75.3 Å². The molecule has 0 saturated heterocycles. The van der Waals surface area contributed by atoms with Crippen LogP contribution in [-0.4, -0.2) is 33.2 Å². The number of hydrogen-bond acceptors (Lipinski definition) is 9. The number of carbonyl (C=O) groups excluding carboxylic acids is 3. The average molecular weight is 1410 g/mol. The highest BCUT2D eigenvalue weighted by Gasteiger charge is 2.37. The number of phenols is 3. The number of ether oxygens (including phenoxy) is 3. The van der Waals surface area contributed by atoms with Gasteiger partial charge in [-0.15, -0.1) is 0 Å². The first-order valence-corrected chi connectivity index (χ1v) is 38.9. The van der Waals surface area contributed by atoms with Crippen LogP contribution < -0.4 is 14.2 Å². The summed E-state index contributed by atoms with van der Waals surface area (Å²) in [5, 5.41) is 35.3. The van der Waals surface area contributed by atoms with E-state index in [1.807, 2.05) is 0 Å². The molecule has 0 heterocycles. The van der Waals surface area contributed by atoms with Gasteiger partial charge in [0.25, 0.3) is 0 Å². The summed E-state index contributed by atoms with van der Waals surface area (Å²) in [5.74, 6) is 1.41. The maximum Gasteiger partial charge on any atom is 0.311 e. The quantitative estimate of drug-likeness (QED) is 0.0309. The molecular formula is C94H136O9. The maximum absolute atomic E-state index is 14.5. The number of aryl methyl sites for hydroxylation is 6. The maximum atomic E-state index is 14.5. The van der Waals surface area contributed by atoms with E-state index >= 15 is 0 Å². The summed E-state index contributed by atoms with van der Waals surface area (Å²) in [5.41, 5.74) is 14.5. The summed E-state index contributed by atoms with van der Waals surface area (Å²) in [6.45, 7) is 66.9. The van der Waals surface area contributed by atoms with Gasteiger partial charge in [0.1, 0.15) is 34.5 Å². The molecular weight excluding hydrogens is 1270 g/mol. The minimum Gasteiger partial charge on any atom is -0.507 e. The zero-order chi connectivity index (χ0) is 78.0. The minimum atomic E-state index is -0.461. The van der Waals surface area contributed by atoms with E-state index in [0.29, 0.717) is 60.2 Å². The molecule has 0 amide bonds. The van der Waals surface area contributed by atoms with Crippen LogP contribution in [0.4, 0.5) is 0 Å². The fourth-order valence-electron chi connectivity index (χ4n) is 14.3. The van der Waals surface area contributed by atoms with E-state index in [2.05, 4.69) is 287 Å². The molecule has 0 fully saturated rings. The largest absolute Gasteiger partial charge is 0.507 e. The highest BCUT2D eigenvalue weighted by molar-refractivity contribution is 5.76. The lowest BCUT2D eigenvalue weighted by atomic mass is 9.74. The molecule has 0 aromatic heterocycles. The number of phenolic OH excluding ortho intramolecular Hbond substituents is 3. The predicted molar refractivity (Wildman–Crippen MR) is 431 cm³/mol. The van der Waals surface area contributed by atoms with E-state index in [4.69, 9.17) is 14.2 Å². The van der Waals surface area contributed by atoms with Crippen LogP contribution in [0.15, 0.2) is 72.8 Å². The van der Waals surface area contributed by atoms with Crippen LogP contribution in [0.5, 0.6) is 34.5 Å². The van der Waals surface area contributed by atoms with Gasteiger partial charge in [0.05, 0.1) is 0 Å². The van der Waals surface area contributed by atoms with E-state index < -0.39 is 16.2 Å². The van der Waals surface area contributed by atoms with E-state index in [-0.39, 0.29) is 81.5 Å². The highest BCUT2D eigenvalue weighted by atomic mass is 16.5. The zero-order valence-electron chi connectivity index (χ0n) is 70.1. The van der Waals surface area contributed by atoms with E-state index in [0.717, 1.165) is 139 Å². The van der Waals surface area contributed by atoms with Crippen LogP contribution in [0, 0.1) is 20.8 Å². The molecule has 0 aliphatic carbocycles. The molecule has 0 aliphatic rings. The fourth-order valence-corrected chi connectivity index (χ4v) is 14.3. The fraction of sp³-hybridized carbons (Fsp3) is 0.585. The SMILES string of the molecule is CCC(C)(C)c1cc(CCC(=O)Oc2cc(C)c(C(C)CC(c3cc(C(C)(C)C)c(OC(=O)CCc4cc(C(C)(C)CC)c(O)c(C(C)(C)CC)c4)cc3C)c3cc(C(C)(C)C)c(OC(=O)CCc4cc(C(C)(C)CC)c(O)c(C(C)(C)CC)c4)cc3C)cc2C(C)(C)C)cc(C(C)(C)CC)c1O. The minimum absolute atomic E-state index is 0.0445. The highest BCUT2D eigenvalue weighted by Crippen LogP contribution is 2.50. The van der Waals surface area contributed by atoms with Crippen molar-refractivity contribution in [3.8, 4) is 34.5 Å². The molecule has 0 aliphatic heterocycles. The van der Waals surface area contributed by atoms with Crippen molar-refractivity contribution in [3.05, 3.63) is 173 Å². The van der Waals surface area contributed by atoms with Crippen LogP contribution in [0.1, 0.15) is 370 Å². The van der Waals surface area contributed by atoms with Gasteiger partial charge in [-0.2, -0.15) is 0 Å². The van der Waals surface area contributed by atoms with Gasteiger partial charge in [-0.25, -0.2) is 0 Å². The summed E-state index contributed by atoms with van der Waals surface area (Å²) in [6, 6.07) is 25.5. The van der Waals surface area contributed by atoms with E-state index in [9.17, 15) is 29.7 Å². The van der Waals surface area contributed by atoms with Crippen molar-refractivity contribution in [2.45, 2.75) is 359 Å². The average Bonchev–Trinajstić information content (AvgIpc) is 0.803. The van der Waals surface area contributed by atoms with Gasteiger partial charge in [-0.1, -0.05) is 248 Å². The summed E-state index contributed by atoms with van der Waals surface area (Å²) < 4.78 is 19.6. The third kappa shape index (κ3) is 19.8. The van der Waals surface area contributed by atoms with Crippen molar-refractivity contribution in [1.82, 2.24) is 0 Å². The van der Waals surface area contributed by atoms with Crippen molar-refractivity contribution < 1.29 is 43.9 Å². The smallest absolute Gasteiger partial charge is 0.311 e. The topological polar surface area (TPSA) is 140 Å².